The van der Waals surface area contributed by atoms with Crippen molar-refractivity contribution in [2.24, 2.45) is 0 Å². The van der Waals surface area contributed by atoms with Crippen LogP contribution in [0.1, 0.15) is 10.4 Å². The standard InChI is InChI=1S/C13H8BrFN2O3/c14-12-6-1-8(15)7-11(12)13(18)16-9-2-4-10(5-3-9)17(19)20/h1-7H,(H,16,18). The first-order valence-corrected chi connectivity index (χ1v) is 6.27. The minimum atomic E-state index is -0.533. The number of hydrogen-bond donors (Lipinski definition) is 1. The summed E-state index contributed by atoms with van der Waals surface area (Å²) in [5.74, 6) is -1.03. The van der Waals surface area contributed by atoms with Crippen LogP contribution >= 0.6 is 15.9 Å². The minimum Gasteiger partial charge on any atom is -0.322 e. The van der Waals surface area contributed by atoms with Gasteiger partial charge in [0.05, 0.1) is 10.5 Å². The summed E-state index contributed by atoms with van der Waals surface area (Å²) in [5, 5.41) is 13.0. The molecule has 7 heteroatoms. The quantitative estimate of drug-likeness (QED) is 0.684. The zero-order chi connectivity index (χ0) is 14.7. The maximum absolute atomic E-state index is 13.1. The van der Waals surface area contributed by atoms with Crippen molar-refractivity contribution in [2.75, 3.05) is 5.32 Å². The number of nitrogens with one attached hydrogen (secondary N) is 1. The van der Waals surface area contributed by atoms with E-state index in [1.54, 1.807) is 0 Å². The topological polar surface area (TPSA) is 72.2 Å². The Morgan fingerprint density at radius 2 is 1.85 bits per heavy atom. The largest absolute Gasteiger partial charge is 0.322 e. The molecule has 0 fully saturated rings. The Bertz CT molecular complexity index is 674. The highest BCUT2D eigenvalue weighted by Crippen LogP contribution is 2.20. The average Bonchev–Trinajstić information content (AvgIpc) is 2.42. The highest BCUT2D eigenvalue weighted by molar-refractivity contribution is 9.10. The fourth-order valence-corrected chi connectivity index (χ4v) is 1.96. The fraction of sp³-hybridized carbons (Fsp3) is 0. The number of carbonyl (C=O) groups is 1. The fourth-order valence-electron chi connectivity index (χ4n) is 1.54. The van der Waals surface area contributed by atoms with Crippen LogP contribution in [0.15, 0.2) is 46.9 Å². The maximum atomic E-state index is 13.1. The van der Waals surface area contributed by atoms with Crippen LogP contribution in [0.3, 0.4) is 0 Å². The first kappa shape index (κ1) is 14.1. The molecule has 20 heavy (non-hydrogen) atoms. The van der Waals surface area contributed by atoms with Crippen LogP contribution in [0.5, 0.6) is 0 Å². The van der Waals surface area contributed by atoms with Gasteiger partial charge in [0.1, 0.15) is 5.82 Å². The summed E-state index contributed by atoms with van der Waals surface area (Å²) in [5.41, 5.74) is 0.454. The van der Waals surface area contributed by atoms with Crippen molar-refractivity contribution in [2.45, 2.75) is 0 Å². The van der Waals surface area contributed by atoms with Crippen LogP contribution in [0, 0.1) is 15.9 Å². The molecule has 2 rings (SSSR count). The van der Waals surface area contributed by atoms with Crippen molar-refractivity contribution in [3.05, 3.63) is 68.4 Å². The van der Waals surface area contributed by atoms with E-state index < -0.39 is 16.6 Å². The Morgan fingerprint density at radius 1 is 1.20 bits per heavy atom. The number of benzene rings is 2. The second kappa shape index (κ2) is 5.79. The van der Waals surface area contributed by atoms with Crippen molar-refractivity contribution in [1.29, 1.82) is 0 Å². The number of nitrogens with zero attached hydrogens (tertiary/aromatic N) is 1. The average molecular weight is 339 g/mol. The molecule has 0 bridgehead atoms. The molecule has 5 nitrogen and oxygen atoms in total. The monoisotopic (exact) mass is 338 g/mol. The third-order valence-corrected chi connectivity index (χ3v) is 3.20. The van der Waals surface area contributed by atoms with Gasteiger partial charge in [-0.3, -0.25) is 14.9 Å². The number of rotatable bonds is 3. The summed E-state index contributed by atoms with van der Waals surface area (Å²) >= 11 is 3.16. The van der Waals surface area contributed by atoms with Crippen LogP contribution in [0.2, 0.25) is 0 Å². The van der Waals surface area contributed by atoms with Gasteiger partial charge in [0, 0.05) is 22.3 Å². The van der Waals surface area contributed by atoms with Gasteiger partial charge in [-0.25, -0.2) is 4.39 Å². The van der Waals surface area contributed by atoms with E-state index in [9.17, 15) is 19.3 Å². The molecule has 0 spiro atoms. The van der Waals surface area contributed by atoms with E-state index in [1.807, 2.05) is 0 Å². The third-order valence-electron chi connectivity index (χ3n) is 2.51. The molecule has 102 valence electrons. The predicted octanol–water partition coefficient (Wildman–Crippen LogP) is 3.75. The number of anilines is 1. The van der Waals surface area contributed by atoms with Crippen molar-refractivity contribution in [1.82, 2.24) is 0 Å². The number of non-ortho nitro benzene ring substituents is 1. The van der Waals surface area contributed by atoms with E-state index in [0.717, 1.165) is 6.07 Å². The van der Waals surface area contributed by atoms with Gasteiger partial charge in [-0.15, -0.1) is 0 Å². The van der Waals surface area contributed by atoms with Gasteiger partial charge in [-0.2, -0.15) is 0 Å². The molecule has 0 aromatic heterocycles. The summed E-state index contributed by atoms with van der Waals surface area (Å²) in [6.07, 6.45) is 0. The van der Waals surface area contributed by atoms with Crippen molar-refractivity contribution < 1.29 is 14.1 Å². The first-order valence-electron chi connectivity index (χ1n) is 5.48. The number of carbonyl (C=O) groups excluding carboxylic acids is 1. The van der Waals surface area contributed by atoms with Gasteiger partial charge in [0.2, 0.25) is 0 Å². The second-order valence-electron chi connectivity index (χ2n) is 3.88. The normalized spacial score (nSPS) is 10.1. The molecule has 0 heterocycles. The van der Waals surface area contributed by atoms with Crippen LogP contribution in [0.4, 0.5) is 15.8 Å². The molecule has 1 amide bonds. The number of nitro groups is 1. The van der Waals surface area contributed by atoms with Crippen molar-refractivity contribution in [3.63, 3.8) is 0 Å². The molecular weight excluding hydrogens is 331 g/mol. The molecule has 0 atom stereocenters. The van der Waals surface area contributed by atoms with Crippen LogP contribution < -0.4 is 5.32 Å². The molecule has 0 aliphatic carbocycles. The molecule has 0 saturated carbocycles. The molecule has 0 aliphatic heterocycles. The highest BCUT2D eigenvalue weighted by atomic mass is 79.9. The molecule has 0 saturated heterocycles. The summed E-state index contributed by atoms with van der Waals surface area (Å²) in [4.78, 5) is 21.9. The predicted molar refractivity (Wildman–Crippen MR) is 75.1 cm³/mol. The lowest BCUT2D eigenvalue weighted by molar-refractivity contribution is -0.384. The van der Waals surface area contributed by atoms with E-state index in [2.05, 4.69) is 21.2 Å². The van der Waals surface area contributed by atoms with Crippen molar-refractivity contribution >= 4 is 33.2 Å². The SMILES string of the molecule is O=C(Nc1ccc([N+](=O)[O-])cc1)c1cc(F)ccc1Br. The first-order chi connectivity index (χ1) is 9.47. The Labute approximate surface area is 121 Å². The highest BCUT2D eigenvalue weighted by Gasteiger charge is 2.12. The Balaban J connectivity index is 2.19. The van der Waals surface area contributed by atoms with Gasteiger partial charge in [0.15, 0.2) is 0 Å². The minimum absolute atomic E-state index is 0.0741. The number of halogens is 2. The Morgan fingerprint density at radius 3 is 2.45 bits per heavy atom. The van der Waals surface area contributed by atoms with Crippen LogP contribution in [0.25, 0.3) is 0 Å². The molecule has 2 aromatic rings. The molecular formula is C13H8BrFN2O3. The van der Waals surface area contributed by atoms with Gasteiger partial charge < -0.3 is 5.32 Å². The lowest BCUT2D eigenvalue weighted by Crippen LogP contribution is -2.12. The van der Waals surface area contributed by atoms with Crippen LogP contribution in [-0.4, -0.2) is 10.8 Å². The number of amides is 1. The summed E-state index contributed by atoms with van der Waals surface area (Å²) < 4.78 is 13.6. The lowest BCUT2D eigenvalue weighted by Gasteiger charge is -2.06. The summed E-state index contributed by atoms with van der Waals surface area (Å²) in [6.45, 7) is 0. The third kappa shape index (κ3) is 3.18. The molecule has 0 aliphatic rings. The van der Waals surface area contributed by atoms with E-state index in [-0.39, 0.29) is 11.3 Å². The van der Waals surface area contributed by atoms with E-state index in [0.29, 0.717) is 10.2 Å². The molecule has 1 N–H and O–H groups in total. The lowest BCUT2D eigenvalue weighted by atomic mass is 10.2. The van der Waals surface area contributed by atoms with E-state index >= 15 is 0 Å². The van der Waals surface area contributed by atoms with Gasteiger partial charge in [0.25, 0.3) is 11.6 Å². The van der Waals surface area contributed by atoms with Crippen LogP contribution in [-0.2, 0) is 0 Å². The summed E-state index contributed by atoms with van der Waals surface area (Å²) in [6, 6.07) is 9.12. The summed E-state index contributed by atoms with van der Waals surface area (Å²) in [7, 11) is 0. The van der Waals surface area contributed by atoms with Gasteiger partial charge in [-0.05, 0) is 46.3 Å². The molecule has 0 radical (unpaired) electrons. The second-order valence-corrected chi connectivity index (χ2v) is 4.74. The Hall–Kier alpha value is -2.28. The molecule has 2 aromatic carbocycles. The maximum Gasteiger partial charge on any atom is 0.269 e. The van der Waals surface area contributed by atoms with Gasteiger partial charge in [-0.1, -0.05) is 0 Å². The van der Waals surface area contributed by atoms with E-state index in [1.165, 1.54) is 36.4 Å². The smallest absolute Gasteiger partial charge is 0.269 e. The number of nitro benzene ring substituents is 1. The van der Waals surface area contributed by atoms with Crippen molar-refractivity contribution in [3.8, 4) is 0 Å². The zero-order valence-corrected chi connectivity index (χ0v) is 11.6. The number of hydrogen-bond acceptors (Lipinski definition) is 3. The zero-order valence-electron chi connectivity index (χ0n) is 9.97. The Kier molecular flexibility index (Phi) is 4.09. The van der Waals surface area contributed by atoms with E-state index in [4.69, 9.17) is 0 Å². The van der Waals surface area contributed by atoms with Gasteiger partial charge >= 0.3 is 0 Å². The molecule has 0 unspecified atom stereocenters.